The van der Waals surface area contributed by atoms with Crippen LogP contribution >= 0.6 is 0 Å². The zero-order chi connectivity index (χ0) is 13.8. The van der Waals surface area contributed by atoms with Crippen LogP contribution in [0.1, 0.15) is 27.2 Å². The Morgan fingerprint density at radius 3 is 2.74 bits per heavy atom. The highest BCUT2D eigenvalue weighted by molar-refractivity contribution is 5.97. The van der Waals surface area contributed by atoms with Crippen molar-refractivity contribution in [3.05, 3.63) is 58.9 Å². The first-order chi connectivity index (χ1) is 9.08. The van der Waals surface area contributed by atoms with E-state index in [0.717, 1.165) is 11.3 Å². The number of pyridine rings is 1. The summed E-state index contributed by atoms with van der Waals surface area (Å²) >= 11 is 0. The van der Waals surface area contributed by atoms with Gasteiger partial charge in [-0.25, -0.2) is 0 Å². The first-order valence-electron chi connectivity index (χ1n) is 6.06. The van der Waals surface area contributed by atoms with E-state index in [4.69, 9.17) is 0 Å². The number of para-hydroxylation sites is 1. The average Bonchev–Trinajstić information content (AvgIpc) is 2.41. The number of phenolic OH excluding ortho intramolecular Hbond substituents is 1. The van der Waals surface area contributed by atoms with Gasteiger partial charge in [0.2, 0.25) is 0 Å². The second-order valence-electron chi connectivity index (χ2n) is 4.46. The Morgan fingerprint density at radius 2 is 2.05 bits per heavy atom. The van der Waals surface area contributed by atoms with Crippen LogP contribution in [0.15, 0.2) is 36.5 Å². The summed E-state index contributed by atoms with van der Waals surface area (Å²) in [7, 11) is 0. The summed E-state index contributed by atoms with van der Waals surface area (Å²) in [6.07, 6.45) is 1.73. The van der Waals surface area contributed by atoms with Crippen LogP contribution in [-0.4, -0.2) is 16.0 Å². The molecule has 1 aromatic heterocycles. The van der Waals surface area contributed by atoms with Crippen molar-refractivity contribution in [2.24, 2.45) is 0 Å². The van der Waals surface area contributed by atoms with Gasteiger partial charge in [0, 0.05) is 18.4 Å². The molecule has 1 aromatic carbocycles. The fourth-order valence-corrected chi connectivity index (χ4v) is 1.72. The molecule has 19 heavy (non-hydrogen) atoms. The largest absolute Gasteiger partial charge is 0.507 e. The van der Waals surface area contributed by atoms with Crippen LogP contribution in [0, 0.1) is 13.8 Å². The highest BCUT2D eigenvalue weighted by atomic mass is 16.3. The van der Waals surface area contributed by atoms with E-state index in [2.05, 4.69) is 10.3 Å². The first kappa shape index (κ1) is 13.1. The van der Waals surface area contributed by atoms with Gasteiger partial charge in [-0.3, -0.25) is 9.78 Å². The molecule has 0 saturated heterocycles. The number of amides is 1. The summed E-state index contributed by atoms with van der Waals surface area (Å²) in [5.74, 6) is -0.260. The maximum atomic E-state index is 12.0. The number of hydrogen-bond donors (Lipinski definition) is 2. The van der Waals surface area contributed by atoms with Crippen LogP contribution in [0.3, 0.4) is 0 Å². The van der Waals surface area contributed by atoms with E-state index in [9.17, 15) is 9.90 Å². The summed E-state index contributed by atoms with van der Waals surface area (Å²) in [6, 6.07) is 8.92. The molecule has 0 unspecified atom stereocenters. The molecule has 4 heteroatoms. The van der Waals surface area contributed by atoms with Gasteiger partial charge in [0.15, 0.2) is 0 Å². The molecule has 1 amide bonds. The SMILES string of the molecule is Cc1ccc(CNC(=O)c2cccc(C)c2O)cn1. The summed E-state index contributed by atoms with van der Waals surface area (Å²) < 4.78 is 0. The van der Waals surface area contributed by atoms with Crippen molar-refractivity contribution in [1.29, 1.82) is 0 Å². The normalized spacial score (nSPS) is 10.2. The number of aromatic hydroxyl groups is 1. The number of nitrogens with one attached hydrogen (secondary N) is 1. The van der Waals surface area contributed by atoms with E-state index >= 15 is 0 Å². The van der Waals surface area contributed by atoms with Crippen molar-refractivity contribution >= 4 is 5.91 Å². The number of hydrogen-bond acceptors (Lipinski definition) is 3. The van der Waals surface area contributed by atoms with E-state index in [1.165, 1.54) is 0 Å². The highest BCUT2D eigenvalue weighted by Gasteiger charge is 2.11. The smallest absolute Gasteiger partial charge is 0.255 e. The van der Waals surface area contributed by atoms with E-state index in [0.29, 0.717) is 17.7 Å². The number of aromatic nitrogens is 1. The van der Waals surface area contributed by atoms with Crippen LogP contribution in [0.2, 0.25) is 0 Å². The minimum absolute atomic E-state index is 0.0297. The molecule has 2 rings (SSSR count). The van der Waals surface area contributed by atoms with Gasteiger partial charge in [-0.1, -0.05) is 18.2 Å². The predicted molar refractivity (Wildman–Crippen MR) is 73.0 cm³/mol. The van der Waals surface area contributed by atoms with Crippen molar-refractivity contribution in [3.63, 3.8) is 0 Å². The summed E-state index contributed by atoms with van der Waals surface area (Å²) in [4.78, 5) is 16.1. The van der Waals surface area contributed by atoms with Crippen LogP contribution < -0.4 is 5.32 Å². The molecule has 0 aliphatic rings. The standard InChI is InChI=1S/C15H16N2O2/c1-10-4-3-5-13(14(10)18)15(19)17-9-12-7-6-11(2)16-8-12/h3-8,18H,9H2,1-2H3,(H,17,19). The van der Waals surface area contributed by atoms with Gasteiger partial charge in [0.05, 0.1) is 5.56 Å². The zero-order valence-corrected chi connectivity index (χ0v) is 11.0. The molecule has 0 spiro atoms. The number of rotatable bonds is 3. The van der Waals surface area contributed by atoms with Crippen molar-refractivity contribution in [3.8, 4) is 5.75 Å². The van der Waals surface area contributed by atoms with Gasteiger partial charge >= 0.3 is 0 Å². The summed E-state index contributed by atoms with van der Waals surface area (Å²) in [5, 5.41) is 12.6. The molecule has 2 aromatic rings. The topological polar surface area (TPSA) is 62.2 Å². The molecule has 2 N–H and O–H groups in total. The van der Waals surface area contributed by atoms with Crippen molar-refractivity contribution < 1.29 is 9.90 Å². The van der Waals surface area contributed by atoms with Crippen molar-refractivity contribution in [2.45, 2.75) is 20.4 Å². The van der Waals surface area contributed by atoms with Gasteiger partial charge in [-0.2, -0.15) is 0 Å². The molecule has 0 aliphatic heterocycles. The molecule has 0 aliphatic carbocycles. The average molecular weight is 256 g/mol. The third kappa shape index (κ3) is 3.10. The Balaban J connectivity index is 2.05. The molecular formula is C15H16N2O2. The van der Waals surface area contributed by atoms with Gasteiger partial charge in [-0.05, 0) is 37.1 Å². The molecule has 0 atom stereocenters. The summed E-state index contributed by atoms with van der Waals surface area (Å²) in [6.45, 7) is 4.06. The second kappa shape index (κ2) is 5.52. The van der Waals surface area contributed by atoms with Crippen LogP contribution in [-0.2, 0) is 6.54 Å². The monoisotopic (exact) mass is 256 g/mol. The maximum absolute atomic E-state index is 12.0. The lowest BCUT2D eigenvalue weighted by molar-refractivity contribution is 0.0948. The van der Waals surface area contributed by atoms with Gasteiger partial charge < -0.3 is 10.4 Å². The lowest BCUT2D eigenvalue weighted by Crippen LogP contribution is -2.23. The van der Waals surface area contributed by atoms with E-state index in [1.807, 2.05) is 19.1 Å². The Bertz CT molecular complexity index is 592. The molecule has 98 valence electrons. The van der Waals surface area contributed by atoms with Crippen molar-refractivity contribution in [1.82, 2.24) is 10.3 Å². The highest BCUT2D eigenvalue weighted by Crippen LogP contribution is 2.21. The van der Waals surface area contributed by atoms with Gasteiger partial charge in [0.1, 0.15) is 5.75 Å². The van der Waals surface area contributed by atoms with Crippen molar-refractivity contribution in [2.75, 3.05) is 0 Å². The number of phenols is 1. The molecule has 0 fully saturated rings. The quantitative estimate of drug-likeness (QED) is 0.886. The third-order valence-electron chi connectivity index (χ3n) is 2.91. The first-order valence-corrected chi connectivity index (χ1v) is 6.06. The predicted octanol–water partition coefficient (Wildman–Crippen LogP) is 2.33. The van der Waals surface area contributed by atoms with Crippen LogP contribution in [0.25, 0.3) is 0 Å². The van der Waals surface area contributed by atoms with Crippen LogP contribution in [0.4, 0.5) is 0 Å². The second-order valence-corrected chi connectivity index (χ2v) is 4.46. The van der Waals surface area contributed by atoms with Gasteiger partial charge in [0.25, 0.3) is 5.91 Å². The number of nitrogens with zero attached hydrogens (tertiary/aromatic N) is 1. The maximum Gasteiger partial charge on any atom is 0.255 e. The molecule has 0 bridgehead atoms. The Morgan fingerprint density at radius 1 is 1.26 bits per heavy atom. The van der Waals surface area contributed by atoms with Gasteiger partial charge in [-0.15, -0.1) is 0 Å². The number of carbonyl (C=O) groups excluding carboxylic acids is 1. The molecule has 4 nitrogen and oxygen atoms in total. The fraction of sp³-hybridized carbons (Fsp3) is 0.200. The molecule has 1 heterocycles. The van der Waals surface area contributed by atoms with E-state index < -0.39 is 0 Å². The Kier molecular flexibility index (Phi) is 3.80. The minimum Gasteiger partial charge on any atom is -0.507 e. The van der Waals surface area contributed by atoms with E-state index in [1.54, 1.807) is 31.3 Å². The molecular weight excluding hydrogens is 240 g/mol. The van der Waals surface area contributed by atoms with E-state index in [-0.39, 0.29) is 11.7 Å². The lowest BCUT2D eigenvalue weighted by atomic mass is 10.1. The Labute approximate surface area is 112 Å². The number of carbonyl (C=O) groups is 1. The summed E-state index contributed by atoms with van der Waals surface area (Å²) in [5.41, 5.74) is 2.84. The lowest BCUT2D eigenvalue weighted by Gasteiger charge is -2.08. The third-order valence-corrected chi connectivity index (χ3v) is 2.91. The Hall–Kier alpha value is -2.36. The molecule has 0 saturated carbocycles. The minimum atomic E-state index is -0.290. The molecule has 0 radical (unpaired) electrons. The van der Waals surface area contributed by atoms with Crippen LogP contribution in [0.5, 0.6) is 5.75 Å². The number of aryl methyl sites for hydroxylation is 2. The number of benzene rings is 1. The zero-order valence-electron chi connectivity index (χ0n) is 11.0. The fourth-order valence-electron chi connectivity index (χ4n) is 1.72.